The number of halogens is 1. The molecule has 0 aliphatic carbocycles. The normalized spacial score (nSPS) is 10.4. The highest BCUT2D eigenvalue weighted by atomic mass is 35.5. The molecule has 0 heterocycles. The Morgan fingerprint density at radius 2 is 1.75 bits per heavy atom. The highest BCUT2D eigenvalue weighted by Gasteiger charge is 2.23. The molecule has 0 spiro atoms. The van der Waals surface area contributed by atoms with Gasteiger partial charge in [-0.15, -0.1) is 0 Å². The molecule has 0 saturated carbocycles. The highest BCUT2D eigenvalue weighted by Crippen LogP contribution is 2.03. The quantitative estimate of drug-likeness (QED) is 0.152. The molecule has 0 aromatic heterocycles. The molecule has 0 rings (SSSR count). The topological polar surface area (TPSA) is 89.8 Å². The summed E-state index contributed by atoms with van der Waals surface area (Å²) in [6.07, 6.45) is 1.73. The molecule has 0 fully saturated rings. The van der Waals surface area contributed by atoms with Gasteiger partial charge in [-0.25, -0.2) is 0 Å². The third kappa shape index (κ3) is 6.04. The van der Waals surface area contributed by atoms with Crippen LogP contribution in [0.2, 0.25) is 0 Å². The molecular weight excluding hydrogens is 236 g/mol. The zero-order valence-corrected chi connectivity index (χ0v) is 9.86. The molecule has 1 amide bonds. The van der Waals surface area contributed by atoms with E-state index in [1.807, 2.05) is 0 Å². The van der Waals surface area contributed by atoms with E-state index in [0.29, 0.717) is 19.5 Å². The van der Waals surface area contributed by atoms with E-state index in [2.05, 4.69) is 11.9 Å². The summed E-state index contributed by atoms with van der Waals surface area (Å²) in [4.78, 5) is 10.8. The van der Waals surface area contributed by atoms with E-state index >= 15 is 0 Å². The minimum absolute atomic E-state index is 0. The Morgan fingerprint density at radius 1 is 1.25 bits per heavy atom. The zero-order chi connectivity index (χ0) is 11.7. The fraction of sp³-hybridized carbons (Fsp3) is 0.667. The van der Waals surface area contributed by atoms with Crippen LogP contribution in [-0.4, -0.2) is 59.0 Å². The number of rotatable bonds is 8. The van der Waals surface area contributed by atoms with Crippen LogP contribution in [0, 0.1) is 0 Å². The van der Waals surface area contributed by atoms with Crippen molar-refractivity contribution in [3.8, 4) is 0 Å². The molecule has 0 aliphatic heterocycles. The first-order valence-electron chi connectivity index (χ1n) is 4.72. The number of nitrogens with zero attached hydrogens (tertiary/aromatic N) is 1. The van der Waals surface area contributed by atoms with Gasteiger partial charge in [-0.2, -0.15) is 0 Å². The lowest BCUT2D eigenvalue weighted by Gasteiger charge is -2.31. The molecule has 96 valence electrons. The molecule has 0 bridgehead atoms. The Bertz CT molecular complexity index is 201. The van der Waals surface area contributed by atoms with E-state index in [-0.39, 0.29) is 43.0 Å². The Morgan fingerprint density at radius 3 is 2.12 bits per heavy atom. The van der Waals surface area contributed by atoms with Crippen LogP contribution in [0.3, 0.4) is 0 Å². The van der Waals surface area contributed by atoms with Gasteiger partial charge in [0.25, 0.3) is 0 Å². The highest BCUT2D eigenvalue weighted by molar-refractivity contribution is 5.86. The molecule has 7 heteroatoms. The molecule has 0 aliphatic rings. The van der Waals surface area contributed by atoms with Crippen LogP contribution in [0.15, 0.2) is 12.7 Å². The predicted octanol–water partition coefficient (Wildman–Crippen LogP) is -4.65. The first-order chi connectivity index (χ1) is 7.14. The van der Waals surface area contributed by atoms with Gasteiger partial charge in [-0.05, 0) is 6.08 Å². The number of aliphatic hydroxyl groups is 3. The van der Waals surface area contributed by atoms with Gasteiger partial charge in [-0.3, -0.25) is 9.28 Å². The predicted molar refractivity (Wildman–Crippen MR) is 54.2 cm³/mol. The average Bonchev–Trinajstić information content (AvgIpc) is 2.30. The van der Waals surface area contributed by atoms with Crippen molar-refractivity contribution in [1.82, 2.24) is 5.32 Å². The van der Waals surface area contributed by atoms with Crippen LogP contribution in [-0.2, 0) is 4.79 Å². The Hall–Kier alpha value is -0.660. The molecule has 0 saturated heterocycles. The Balaban J connectivity index is 0. The number of carbonyl (C=O) groups is 1. The second kappa shape index (κ2) is 9.56. The van der Waals surface area contributed by atoms with Gasteiger partial charge in [-0.1, -0.05) is 6.58 Å². The minimum Gasteiger partial charge on any atom is -1.00 e. The second-order valence-electron chi connectivity index (χ2n) is 3.34. The van der Waals surface area contributed by atoms with E-state index in [1.165, 1.54) is 6.08 Å². The van der Waals surface area contributed by atoms with Crippen molar-refractivity contribution in [2.45, 2.75) is 6.42 Å². The van der Waals surface area contributed by atoms with Crippen molar-refractivity contribution in [2.24, 2.45) is 0 Å². The molecule has 0 radical (unpaired) electrons. The maximum absolute atomic E-state index is 10.8. The fourth-order valence-electron chi connectivity index (χ4n) is 1.04. The Kier molecular flexibility index (Phi) is 10.6. The summed E-state index contributed by atoms with van der Waals surface area (Å²) in [7, 11) is 0. The van der Waals surface area contributed by atoms with Crippen molar-refractivity contribution >= 4 is 5.91 Å². The van der Waals surface area contributed by atoms with E-state index in [4.69, 9.17) is 15.3 Å². The van der Waals surface area contributed by atoms with Gasteiger partial charge >= 0.3 is 0 Å². The van der Waals surface area contributed by atoms with Crippen molar-refractivity contribution in [3.63, 3.8) is 0 Å². The van der Waals surface area contributed by atoms with Gasteiger partial charge in [0.1, 0.15) is 0 Å². The molecule has 0 aromatic rings. The maximum atomic E-state index is 10.8. The standard InChI is InChI=1S/C9H18N2O4.ClH/c1-2-9(15)10-4-3-5-11(6-12,7-13)8-14;/h2,12-14H,1,3-8H2;1H. The Labute approximate surface area is 101 Å². The SMILES string of the molecule is C=CC(=O)NCCC[N+](CO)(CO)CO.[Cl-]. The van der Waals surface area contributed by atoms with Gasteiger partial charge < -0.3 is 33.0 Å². The van der Waals surface area contributed by atoms with E-state index in [1.54, 1.807) is 0 Å². The molecule has 6 nitrogen and oxygen atoms in total. The van der Waals surface area contributed by atoms with Crippen molar-refractivity contribution in [2.75, 3.05) is 33.3 Å². The first-order valence-corrected chi connectivity index (χ1v) is 4.72. The lowest BCUT2D eigenvalue weighted by Crippen LogP contribution is -3.00. The molecule has 0 unspecified atom stereocenters. The summed E-state index contributed by atoms with van der Waals surface area (Å²) < 4.78 is -0.191. The number of aliphatic hydroxyl groups excluding tert-OH is 3. The number of carbonyl (C=O) groups excluding carboxylic acids is 1. The van der Waals surface area contributed by atoms with Crippen LogP contribution < -0.4 is 17.7 Å². The molecular formula is C9H19ClN2O4. The zero-order valence-electron chi connectivity index (χ0n) is 9.10. The van der Waals surface area contributed by atoms with Gasteiger partial charge in [0.05, 0.1) is 6.54 Å². The van der Waals surface area contributed by atoms with Crippen LogP contribution in [0.5, 0.6) is 0 Å². The average molecular weight is 255 g/mol. The van der Waals surface area contributed by atoms with Crippen molar-refractivity contribution in [3.05, 3.63) is 12.7 Å². The van der Waals surface area contributed by atoms with Crippen molar-refractivity contribution in [1.29, 1.82) is 0 Å². The van der Waals surface area contributed by atoms with Crippen LogP contribution in [0.4, 0.5) is 0 Å². The first kappa shape index (κ1) is 17.7. The van der Waals surface area contributed by atoms with Crippen LogP contribution in [0.25, 0.3) is 0 Å². The third-order valence-corrected chi connectivity index (χ3v) is 2.19. The minimum atomic E-state index is -0.331. The summed E-state index contributed by atoms with van der Waals surface area (Å²) in [5.74, 6) is -0.259. The molecule has 0 atom stereocenters. The third-order valence-electron chi connectivity index (χ3n) is 2.19. The summed E-state index contributed by atoms with van der Waals surface area (Å²) >= 11 is 0. The van der Waals surface area contributed by atoms with E-state index in [0.717, 1.165) is 0 Å². The van der Waals surface area contributed by atoms with Crippen molar-refractivity contribution < 1.29 is 37.0 Å². The second-order valence-corrected chi connectivity index (χ2v) is 3.34. The maximum Gasteiger partial charge on any atom is 0.243 e. The smallest absolute Gasteiger partial charge is 0.243 e. The largest absolute Gasteiger partial charge is 1.00 e. The van der Waals surface area contributed by atoms with Crippen LogP contribution in [0.1, 0.15) is 6.42 Å². The molecule has 4 N–H and O–H groups in total. The number of quaternary nitrogens is 1. The van der Waals surface area contributed by atoms with E-state index < -0.39 is 0 Å². The van der Waals surface area contributed by atoms with Gasteiger partial charge in [0.2, 0.25) is 5.91 Å². The van der Waals surface area contributed by atoms with Gasteiger partial charge in [0, 0.05) is 13.0 Å². The lowest BCUT2D eigenvalue weighted by atomic mass is 10.3. The summed E-state index contributed by atoms with van der Waals surface area (Å²) in [5, 5.41) is 29.5. The van der Waals surface area contributed by atoms with E-state index in [9.17, 15) is 4.79 Å². The number of amides is 1. The lowest BCUT2D eigenvalue weighted by molar-refractivity contribution is -0.976. The molecule has 0 aromatic carbocycles. The summed E-state index contributed by atoms with van der Waals surface area (Å²) in [6.45, 7) is 3.12. The van der Waals surface area contributed by atoms with Crippen LogP contribution >= 0.6 is 0 Å². The summed E-state index contributed by atoms with van der Waals surface area (Å²) in [5.41, 5.74) is 0. The number of hydrogen-bond donors (Lipinski definition) is 4. The number of hydrogen-bond acceptors (Lipinski definition) is 4. The monoisotopic (exact) mass is 254 g/mol. The van der Waals surface area contributed by atoms with Gasteiger partial charge in [0.15, 0.2) is 20.2 Å². The number of nitrogens with one attached hydrogen (secondary N) is 1. The fourth-order valence-corrected chi connectivity index (χ4v) is 1.04. The molecule has 16 heavy (non-hydrogen) atoms. The summed E-state index contributed by atoms with van der Waals surface area (Å²) in [6, 6.07) is 0.